The minimum Gasteiger partial charge on any atom is -0.291 e. The number of guanidine groups is 1. The van der Waals surface area contributed by atoms with Crippen LogP contribution in [0.2, 0.25) is 0 Å². The summed E-state index contributed by atoms with van der Waals surface area (Å²) in [6.07, 6.45) is 10.9. The Hall–Kier alpha value is -1.25. The molecule has 0 aromatic heterocycles. The molecule has 1 aliphatic heterocycles. The summed E-state index contributed by atoms with van der Waals surface area (Å²) >= 11 is 0. The minimum absolute atomic E-state index is 0.918. The lowest BCUT2D eigenvalue weighted by molar-refractivity contribution is -0.508. The zero-order valence-corrected chi connectivity index (χ0v) is 10.5. The lowest BCUT2D eigenvalue weighted by atomic mass is 10.4. The van der Waals surface area contributed by atoms with E-state index in [1.165, 1.54) is 0 Å². The molecule has 1 rings (SSSR count). The van der Waals surface area contributed by atoms with Crippen molar-refractivity contribution in [3.05, 3.63) is 24.3 Å². The van der Waals surface area contributed by atoms with Crippen LogP contribution >= 0.6 is 0 Å². The topological polar surface area (TPSA) is 32.3 Å². The van der Waals surface area contributed by atoms with Crippen molar-refractivity contribution in [3.63, 3.8) is 0 Å². The van der Waals surface area contributed by atoms with E-state index < -0.39 is 0 Å². The van der Waals surface area contributed by atoms with Gasteiger partial charge in [-0.25, -0.2) is 0 Å². The van der Waals surface area contributed by atoms with E-state index >= 15 is 0 Å². The van der Waals surface area contributed by atoms with Crippen LogP contribution < -0.4 is 5.73 Å². The van der Waals surface area contributed by atoms with Gasteiger partial charge in [-0.3, -0.25) is 15.2 Å². The third kappa shape index (κ3) is 3.72. The average molecular weight is 222 g/mol. The summed E-state index contributed by atoms with van der Waals surface area (Å²) in [6, 6.07) is 0. The molecule has 1 aliphatic rings. The molecule has 0 aromatic rings. The molecule has 1 heterocycles. The molecule has 0 aliphatic carbocycles. The summed E-state index contributed by atoms with van der Waals surface area (Å²) in [7, 11) is 0. The largest absolute Gasteiger partial charge is 0.346 e. The van der Waals surface area contributed by atoms with Gasteiger partial charge in [0.2, 0.25) is 0 Å². The normalized spacial score (nSPS) is 17.2. The van der Waals surface area contributed by atoms with Gasteiger partial charge in [-0.05, 0) is 12.8 Å². The van der Waals surface area contributed by atoms with E-state index in [0.29, 0.717) is 0 Å². The lowest BCUT2D eigenvalue weighted by Crippen LogP contribution is -2.36. The van der Waals surface area contributed by atoms with Gasteiger partial charge in [0.05, 0.1) is 26.2 Å². The first-order valence-electron chi connectivity index (χ1n) is 6.21. The molecule has 16 heavy (non-hydrogen) atoms. The average Bonchev–Trinajstić information content (AvgIpc) is 2.62. The maximum Gasteiger partial charge on any atom is 0.346 e. The number of hydrogen-bond donors (Lipinski definition) is 1. The highest BCUT2D eigenvalue weighted by Crippen LogP contribution is 1.99. The van der Waals surface area contributed by atoms with Gasteiger partial charge in [0.25, 0.3) is 0 Å². The Balaban J connectivity index is 2.46. The van der Waals surface area contributed by atoms with Crippen molar-refractivity contribution in [3.8, 4) is 0 Å². The summed E-state index contributed by atoms with van der Waals surface area (Å²) < 4.78 is 2.23. The number of rotatable bonds is 6. The molecule has 0 saturated heterocycles. The van der Waals surface area contributed by atoms with Gasteiger partial charge in [-0.2, -0.15) is 0 Å². The standard InChI is InChI=1S/C13H23N3/c1-3-5-7-9-15-11-12-16(13(15)14)10-8-6-4-2/h5-8,14H,3-4,9-12H2,1-2H3/p+1/b7-5-,8-6-. The van der Waals surface area contributed by atoms with E-state index in [-0.39, 0.29) is 0 Å². The van der Waals surface area contributed by atoms with Crippen LogP contribution in [0, 0.1) is 0 Å². The maximum atomic E-state index is 6.09. The number of nitrogens with zero attached hydrogens (tertiary/aromatic N) is 2. The summed E-state index contributed by atoms with van der Waals surface area (Å²) in [5, 5.41) is 0. The first-order chi connectivity index (χ1) is 7.79. The Morgan fingerprint density at radius 3 is 2.56 bits per heavy atom. The van der Waals surface area contributed by atoms with E-state index in [1.807, 2.05) is 0 Å². The van der Waals surface area contributed by atoms with Gasteiger partial charge in [0.15, 0.2) is 0 Å². The third-order valence-electron chi connectivity index (χ3n) is 2.74. The minimum atomic E-state index is 0.918. The second kappa shape index (κ2) is 7.09. The van der Waals surface area contributed by atoms with Gasteiger partial charge in [-0.1, -0.05) is 38.2 Å². The molecule has 0 bridgehead atoms. The van der Waals surface area contributed by atoms with Crippen LogP contribution in [0.15, 0.2) is 24.3 Å². The molecule has 0 spiro atoms. The number of hydrogen-bond acceptors (Lipinski definition) is 2. The van der Waals surface area contributed by atoms with Crippen molar-refractivity contribution < 1.29 is 4.58 Å². The van der Waals surface area contributed by atoms with E-state index in [4.69, 9.17) is 5.73 Å². The molecular formula is C13H24N3+. The molecule has 90 valence electrons. The van der Waals surface area contributed by atoms with Crippen LogP contribution in [0.3, 0.4) is 0 Å². The molecule has 0 atom stereocenters. The van der Waals surface area contributed by atoms with Crippen LogP contribution in [0.4, 0.5) is 0 Å². The SMILES string of the molecule is CC/C=C\CN1CC[N+](C/C=C\CC)=C1N. The molecule has 0 radical (unpaired) electrons. The van der Waals surface area contributed by atoms with Crippen LogP contribution in [0.5, 0.6) is 0 Å². The molecule has 0 amide bonds. The van der Waals surface area contributed by atoms with Crippen molar-refractivity contribution in [1.29, 1.82) is 0 Å². The van der Waals surface area contributed by atoms with Crippen molar-refractivity contribution in [2.24, 2.45) is 5.73 Å². The summed E-state index contributed by atoms with van der Waals surface area (Å²) in [5.41, 5.74) is 6.09. The zero-order valence-electron chi connectivity index (χ0n) is 10.5. The molecule has 0 aromatic carbocycles. The Labute approximate surface area is 98.9 Å². The smallest absolute Gasteiger partial charge is 0.291 e. The van der Waals surface area contributed by atoms with Gasteiger partial charge in [0.1, 0.15) is 0 Å². The molecule has 0 fully saturated rings. The van der Waals surface area contributed by atoms with E-state index in [0.717, 1.165) is 45.0 Å². The first-order valence-corrected chi connectivity index (χ1v) is 6.21. The van der Waals surface area contributed by atoms with Gasteiger partial charge in [-0.15, -0.1) is 0 Å². The predicted octanol–water partition coefficient (Wildman–Crippen LogP) is 1.56. The summed E-state index contributed by atoms with van der Waals surface area (Å²) in [5.74, 6) is 0.918. The van der Waals surface area contributed by atoms with Gasteiger partial charge in [0, 0.05) is 0 Å². The van der Waals surface area contributed by atoms with E-state index in [9.17, 15) is 0 Å². The highest BCUT2D eigenvalue weighted by molar-refractivity contribution is 5.74. The lowest BCUT2D eigenvalue weighted by Gasteiger charge is -2.07. The van der Waals surface area contributed by atoms with E-state index in [1.54, 1.807) is 0 Å². The quantitative estimate of drug-likeness (QED) is 0.546. The molecule has 0 unspecified atom stereocenters. The predicted molar refractivity (Wildman–Crippen MR) is 69.6 cm³/mol. The Morgan fingerprint density at radius 2 is 1.88 bits per heavy atom. The van der Waals surface area contributed by atoms with Crippen LogP contribution in [-0.2, 0) is 0 Å². The maximum absolute atomic E-state index is 6.09. The fraction of sp³-hybridized carbons (Fsp3) is 0.615. The first kappa shape index (κ1) is 12.8. The van der Waals surface area contributed by atoms with Crippen molar-refractivity contribution in [1.82, 2.24) is 4.90 Å². The van der Waals surface area contributed by atoms with Gasteiger partial charge >= 0.3 is 5.96 Å². The Kier molecular flexibility index (Phi) is 5.68. The Morgan fingerprint density at radius 1 is 1.19 bits per heavy atom. The van der Waals surface area contributed by atoms with Crippen molar-refractivity contribution in [2.45, 2.75) is 26.7 Å². The third-order valence-corrected chi connectivity index (χ3v) is 2.74. The molecule has 2 N–H and O–H groups in total. The van der Waals surface area contributed by atoms with Crippen molar-refractivity contribution in [2.75, 3.05) is 26.2 Å². The highest BCUT2D eigenvalue weighted by Gasteiger charge is 2.24. The van der Waals surface area contributed by atoms with Crippen LogP contribution in [0.1, 0.15) is 26.7 Å². The molecule has 3 nitrogen and oxygen atoms in total. The number of allylic oxidation sites excluding steroid dienone is 2. The van der Waals surface area contributed by atoms with Crippen LogP contribution in [-0.4, -0.2) is 41.6 Å². The Bertz CT molecular complexity index is 290. The second-order valence-corrected chi connectivity index (χ2v) is 4.01. The molecule has 3 heteroatoms. The van der Waals surface area contributed by atoms with E-state index in [2.05, 4.69) is 47.6 Å². The summed E-state index contributed by atoms with van der Waals surface area (Å²) in [6.45, 7) is 8.26. The fourth-order valence-electron chi connectivity index (χ4n) is 1.78. The van der Waals surface area contributed by atoms with Crippen molar-refractivity contribution >= 4 is 5.96 Å². The van der Waals surface area contributed by atoms with Crippen LogP contribution in [0.25, 0.3) is 0 Å². The molecule has 0 saturated carbocycles. The molecular weight excluding hydrogens is 198 g/mol. The zero-order chi connectivity index (χ0) is 11.8. The monoisotopic (exact) mass is 222 g/mol. The van der Waals surface area contributed by atoms with Gasteiger partial charge < -0.3 is 0 Å². The highest BCUT2D eigenvalue weighted by atomic mass is 15.3. The summed E-state index contributed by atoms with van der Waals surface area (Å²) in [4.78, 5) is 2.23. The fourth-order valence-corrected chi connectivity index (χ4v) is 1.78. The number of nitrogens with two attached hydrogens (primary N) is 1. The second-order valence-electron chi connectivity index (χ2n) is 4.01.